The summed E-state index contributed by atoms with van der Waals surface area (Å²) in [4.78, 5) is 4.35. The summed E-state index contributed by atoms with van der Waals surface area (Å²) >= 11 is 0. The Balaban J connectivity index is 2.24. The molecule has 82 valence electrons. The maximum absolute atomic E-state index is 8.87. The van der Waals surface area contributed by atoms with Gasteiger partial charge in [0.1, 0.15) is 0 Å². The van der Waals surface area contributed by atoms with Crippen LogP contribution >= 0.6 is 0 Å². The number of pyridine rings is 1. The zero-order valence-corrected chi connectivity index (χ0v) is 9.39. The Morgan fingerprint density at radius 2 is 2.12 bits per heavy atom. The van der Waals surface area contributed by atoms with Crippen LogP contribution in [0, 0.1) is 17.2 Å². The molecule has 0 atom stereocenters. The zero-order chi connectivity index (χ0) is 11.2. The maximum Gasteiger partial charge on any atom is 0.0915 e. The van der Waals surface area contributed by atoms with E-state index in [4.69, 9.17) is 5.26 Å². The van der Waals surface area contributed by atoms with Gasteiger partial charge in [-0.25, -0.2) is 0 Å². The van der Waals surface area contributed by atoms with Crippen LogP contribution in [0.25, 0.3) is 5.57 Å². The summed E-state index contributed by atoms with van der Waals surface area (Å²) in [7, 11) is 0. The number of hydrogen-bond donors (Lipinski definition) is 0. The molecule has 2 heteroatoms. The summed E-state index contributed by atoms with van der Waals surface area (Å²) in [5, 5.41) is 8.87. The van der Waals surface area contributed by atoms with Gasteiger partial charge in [-0.1, -0.05) is 25.3 Å². The highest BCUT2D eigenvalue weighted by atomic mass is 14.7. The van der Waals surface area contributed by atoms with Gasteiger partial charge in [-0.05, 0) is 36.5 Å². The second kappa shape index (κ2) is 5.46. The molecule has 1 saturated carbocycles. The van der Waals surface area contributed by atoms with Crippen LogP contribution in [0.5, 0.6) is 0 Å². The fourth-order valence-corrected chi connectivity index (χ4v) is 2.42. The van der Waals surface area contributed by atoms with E-state index in [-0.39, 0.29) is 0 Å². The number of nitrogens with zero attached hydrogens (tertiary/aromatic N) is 2. The van der Waals surface area contributed by atoms with Crippen molar-refractivity contribution in [3.63, 3.8) is 0 Å². The minimum Gasteiger partial charge on any atom is -0.257 e. The molecule has 1 aliphatic carbocycles. The maximum atomic E-state index is 8.87. The first-order chi connectivity index (χ1) is 7.92. The van der Waals surface area contributed by atoms with E-state index in [2.05, 4.69) is 11.1 Å². The fourth-order valence-electron chi connectivity index (χ4n) is 2.42. The van der Waals surface area contributed by atoms with E-state index >= 15 is 0 Å². The van der Waals surface area contributed by atoms with Gasteiger partial charge in [0.15, 0.2) is 0 Å². The van der Waals surface area contributed by atoms with Crippen molar-refractivity contribution in [2.24, 2.45) is 5.92 Å². The van der Waals surface area contributed by atoms with Crippen LogP contribution in [0.1, 0.15) is 37.8 Å². The van der Waals surface area contributed by atoms with Crippen molar-refractivity contribution < 1.29 is 0 Å². The van der Waals surface area contributed by atoms with Gasteiger partial charge in [0.25, 0.3) is 0 Å². The molecule has 2 rings (SSSR count). The van der Waals surface area contributed by atoms with Gasteiger partial charge in [0.05, 0.1) is 11.8 Å². The topological polar surface area (TPSA) is 36.7 Å². The molecule has 1 aromatic heterocycles. The number of aromatic nitrogens is 1. The summed E-state index contributed by atoms with van der Waals surface area (Å²) in [5.41, 5.74) is 2.10. The van der Waals surface area contributed by atoms with Crippen molar-refractivity contribution >= 4 is 5.57 Å². The lowest BCUT2D eigenvalue weighted by Crippen LogP contribution is -2.09. The third kappa shape index (κ3) is 2.49. The molecular formula is C14H16N2. The standard InChI is InChI=1S/C14H16N2/c15-10-9-13(12-6-2-1-3-7-12)14-8-4-5-11-16-14/h4-5,8-9,11-12H,1-3,6-7H2/b13-9-. The highest BCUT2D eigenvalue weighted by molar-refractivity contribution is 5.66. The normalized spacial score (nSPS) is 18.1. The first-order valence-corrected chi connectivity index (χ1v) is 5.93. The van der Waals surface area contributed by atoms with Crippen LogP contribution in [-0.4, -0.2) is 4.98 Å². The summed E-state index contributed by atoms with van der Waals surface area (Å²) in [6.07, 6.45) is 9.76. The Kier molecular flexibility index (Phi) is 3.71. The van der Waals surface area contributed by atoms with E-state index in [0.29, 0.717) is 5.92 Å². The van der Waals surface area contributed by atoms with Gasteiger partial charge >= 0.3 is 0 Å². The smallest absolute Gasteiger partial charge is 0.0915 e. The lowest BCUT2D eigenvalue weighted by molar-refractivity contribution is 0.429. The molecule has 0 bridgehead atoms. The molecule has 2 nitrogen and oxygen atoms in total. The minimum atomic E-state index is 0.531. The quantitative estimate of drug-likeness (QED) is 0.703. The zero-order valence-electron chi connectivity index (χ0n) is 9.39. The molecule has 0 unspecified atom stereocenters. The monoisotopic (exact) mass is 212 g/mol. The van der Waals surface area contributed by atoms with Gasteiger partial charge in [-0.2, -0.15) is 5.26 Å². The summed E-state index contributed by atoms with van der Waals surface area (Å²) < 4.78 is 0. The average Bonchev–Trinajstić information content (AvgIpc) is 2.38. The molecule has 0 aliphatic heterocycles. The highest BCUT2D eigenvalue weighted by Gasteiger charge is 2.19. The van der Waals surface area contributed by atoms with E-state index in [1.165, 1.54) is 32.1 Å². The molecule has 1 fully saturated rings. The van der Waals surface area contributed by atoms with Crippen LogP contribution < -0.4 is 0 Å². The van der Waals surface area contributed by atoms with Crippen LogP contribution in [0.15, 0.2) is 30.5 Å². The molecule has 0 N–H and O–H groups in total. The van der Waals surface area contributed by atoms with Gasteiger partial charge in [0.2, 0.25) is 0 Å². The lowest BCUT2D eigenvalue weighted by atomic mass is 9.82. The van der Waals surface area contributed by atoms with Crippen molar-refractivity contribution in [2.75, 3.05) is 0 Å². The Hall–Kier alpha value is -1.62. The Morgan fingerprint density at radius 3 is 2.75 bits per heavy atom. The minimum absolute atomic E-state index is 0.531. The SMILES string of the molecule is N#C/C=C(\c1ccccn1)C1CCCCC1. The molecule has 0 radical (unpaired) electrons. The molecule has 1 heterocycles. The molecule has 0 spiro atoms. The van der Waals surface area contributed by atoms with Crippen molar-refractivity contribution in [3.05, 3.63) is 36.2 Å². The summed E-state index contributed by atoms with van der Waals surface area (Å²) in [6.45, 7) is 0. The van der Waals surface area contributed by atoms with Gasteiger partial charge in [0, 0.05) is 12.3 Å². The average molecular weight is 212 g/mol. The largest absolute Gasteiger partial charge is 0.257 e. The number of hydrogen-bond acceptors (Lipinski definition) is 2. The van der Waals surface area contributed by atoms with Crippen molar-refractivity contribution in [1.82, 2.24) is 4.98 Å². The lowest BCUT2D eigenvalue weighted by Gasteiger charge is -2.23. The van der Waals surface area contributed by atoms with E-state index in [1.807, 2.05) is 18.2 Å². The van der Waals surface area contributed by atoms with E-state index < -0.39 is 0 Å². The molecule has 0 aromatic carbocycles. The number of nitriles is 1. The second-order valence-corrected chi connectivity index (χ2v) is 4.28. The van der Waals surface area contributed by atoms with E-state index in [0.717, 1.165) is 11.3 Å². The number of allylic oxidation sites excluding steroid dienone is 2. The summed E-state index contributed by atoms with van der Waals surface area (Å²) in [6, 6.07) is 8.05. The fraction of sp³-hybridized carbons (Fsp3) is 0.429. The van der Waals surface area contributed by atoms with Gasteiger partial charge < -0.3 is 0 Å². The Labute approximate surface area is 96.6 Å². The molecule has 1 aliphatic rings. The van der Waals surface area contributed by atoms with Crippen LogP contribution in [0.3, 0.4) is 0 Å². The molecule has 0 amide bonds. The predicted octanol–water partition coefficient (Wildman–Crippen LogP) is 3.57. The molecule has 0 saturated heterocycles. The van der Waals surface area contributed by atoms with Crippen molar-refractivity contribution in [2.45, 2.75) is 32.1 Å². The predicted molar refractivity (Wildman–Crippen MR) is 64.4 cm³/mol. The third-order valence-corrected chi connectivity index (χ3v) is 3.23. The molecule has 16 heavy (non-hydrogen) atoms. The third-order valence-electron chi connectivity index (χ3n) is 3.23. The Bertz CT molecular complexity index is 394. The molecule has 1 aromatic rings. The van der Waals surface area contributed by atoms with Crippen molar-refractivity contribution in [1.29, 1.82) is 5.26 Å². The van der Waals surface area contributed by atoms with Gasteiger partial charge in [-0.15, -0.1) is 0 Å². The van der Waals surface area contributed by atoms with Crippen molar-refractivity contribution in [3.8, 4) is 6.07 Å². The first-order valence-electron chi connectivity index (χ1n) is 5.93. The number of rotatable bonds is 2. The second-order valence-electron chi connectivity index (χ2n) is 4.28. The van der Waals surface area contributed by atoms with E-state index in [9.17, 15) is 0 Å². The Morgan fingerprint density at radius 1 is 1.31 bits per heavy atom. The summed E-state index contributed by atoms with van der Waals surface area (Å²) in [5.74, 6) is 0.531. The van der Waals surface area contributed by atoms with Crippen LogP contribution in [0.4, 0.5) is 0 Å². The van der Waals surface area contributed by atoms with Crippen LogP contribution in [-0.2, 0) is 0 Å². The van der Waals surface area contributed by atoms with E-state index in [1.54, 1.807) is 12.3 Å². The van der Waals surface area contributed by atoms with Crippen LogP contribution in [0.2, 0.25) is 0 Å². The molecular weight excluding hydrogens is 196 g/mol. The first kappa shape index (κ1) is 10.9. The highest BCUT2D eigenvalue weighted by Crippen LogP contribution is 2.34. The van der Waals surface area contributed by atoms with Gasteiger partial charge in [-0.3, -0.25) is 4.98 Å².